The zero-order chi connectivity index (χ0) is 18.8. The Morgan fingerprint density at radius 1 is 1.15 bits per heavy atom. The number of rotatable bonds is 4. The molecule has 0 fully saturated rings. The van der Waals surface area contributed by atoms with Crippen molar-refractivity contribution >= 4 is 39.1 Å². The van der Waals surface area contributed by atoms with Crippen LogP contribution in [0.1, 0.15) is 15.4 Å². The number of aromatic nitrogens is 2. The van der Waals surface area contributed by atoms with E-state index in [0.29, 0.717) is 23.4 Å². The molecule has 134 valence electrons. The fourth-order valence-electron chi connectivity index (χ4n) is 2.66. The molecule has 0 saturated heterocycles. The molecule has 27 heavy (non-hydrogen) atoms. The lowest BCUT2D eigenvalue weighted by atomic mass is 10.1. The molecule has 4 nitrogen and oxygen atoms in total. The van der Waals surface area contributed by atoms with E-state index in [1.165, 1.54) is 35.7 Å². The first-order chi connectivity index (χ1) is 13.1. The molecule has 0 radical (unpaired) electrons. The van der Waals surface area contributed by atoms with Gasteiger partial charge in [-0.15, -0.1) is 11.3 Å². The summed E-state index contributed by atoms with van der Waals surface area (Å²) in [5.74, 6) is -0.669. The smallest absolute Gasteiger partial charge is 0.253 e. The maximum atomic E-state index is 13.4. The summed E-state index contributed by atoms with van der Waals surface area (Å²) in [6.07, 6.45) is 1.43. The van der Waals surface area contributed by atoms with Crippen LogP contribution >= 0.6 is 22.9 Å². The molecule has 0 atom stereocenters. The van der Waals surface area contributed by atoms with Crippen LogP contribution in [0.25, 0.3) is 21.5 Å². The molecule has 1 amide bonds. The number of para-hydroxylation sites is 1. The predicted molar refractivity (Wildman–Crippen MR) is 105 cm³/mol. The second-order valence-corrected chi connectivity index (χ2v) is 7.35. The Morgan fingerprint density at radius 3 is 2.78 bits per heavy atom. The molecule has 1 N–H and O–H groups in total. The minimum atomic E-state index is -0.372. The standard InChI is InChI=1S/C20H13ClFN3OS/c21-15-9-13(10-23-19(15)12-4-3-5-14(22)8-12)20(26)24-11-18-25-16-6-1-2-7-17(16)27-18/h1-10H,11H2,(H,24,26). The molecule has 0 aliphatic rings. The van der Waals surface area contributed by atoms with Crippen LogP contribution in [0.5, 0.6) is 0 Å². The number of carbonyl (C=O) groups excluding carboxylic acids is 1. The summed E-state index contributed by atoms with van der Waals surface area (Å²) in [5, 5.41) is 3.93. The lowest BCUT2D eigenvalue weighted by Gasteiger charge is -2.07. The van der Waals surface area contributed by atoms with Crippen molar-refractivity contribution in [3.05, 3.63) is 82.2 Å². The quantitative estimate of drug-likeness (QED) is 0.522. The SMILES string of the molecule is O=C(NCc1nc2ccccc2s1)c1cnc(-c2cccc(F)c2)c(Cl)c1. The summed E-state index contributed by atoms with van der Waals surface area (Å²) in [6, 6.07) is 15.3. The topological polar surface area (TPSA) is 54.9 Å². The van der Waals surface area contributed by atoms with Crippen LogP contribution in [-0.4, -0.2) is 15.9 Å². The van der Waals surface area contributed by atoms with E-state index in [1.54, 1.807) is 12.1 Å². The van der Waals surface area contributed by atoms with Gasteiger partial charge in [-0.25, -0.2) is 9.37 Å². The van der Waals surface area contributed by atoms with E-state index < -0.39 is 0 Å². The van der Waals surface area contributed by atoms with Gasteiger partial charge in [0.25, 0.3) is 5.91 Å². The Hall–Kier alpha value is -2.83. The van der Waals surface area contributed by atoms with Gasteiger partial charge in [0, 0.05) is 11.8 Å². The number of hydrogen-bond acceptors (Lipinski definition) is 4. The van der Waals surface area contributed by atoms with E-state index in [2.05, 4.69) is 15.3 Å². The Labute approximate surface area is 163 Å². The van der Waals surface area contributed by atoms with Gasteiger partial charge in [-0.3, -0.25) is 9.78 Å². The Morgan fingerprint density at radius 2 is 2.00 bits per heavy atom. The van der Waals surface area contributed by atoms with Crippen LogP contribution < -0.4 is 5.32 Å². The maximum absolute atomic E-state index is 13.4. The van der Waals surface area contributed by atoms with E-state index in [-0.39, 0.29) is 16.7 Å². The summed E-state index contributed by atoms with van der Waals surface area (Å²) >= 11 is 7.79. The number of nitrogens with zero attached hydrogens (tertiary/aromatic N) is 2. The minimum absolute atomic E-state index is 0.285. The molecule has 0 aliphatic carbocycles. The van der Waals surface area contributed by atoms with Crippen LogP contribution in [0.4, 0.5) is 4.39 Å². The Bertz CT molecular complexity index is 1110. The van der Waals surface area contributed by atoms with Crippen molar-refractivity contribution in [3.63, 3.8) is 0 Å². The zero-order valence-corrected chi connectivity index (χ0v) is 15.5. The minimum Gasteiger partial charge on any atom is -0.345 e. The summed E-state index contributed by atoms with van der Waals surface area (Å²) in [7, 11) is 0. The van der Waals surface area contributed by atoms with Gasteiger partial charge in [-0.1, -0.05) is 35.9 Å². The van der Waals surface area contributed by atoms with Crippen molar-refractivity contribution in [2.75, 3.05) is 0 Å². The van der Waals surface area contributed by atoms with Crippen LogP contribution in [0.2, 0.25) is 5.02 Å². The highest BCUT2D eigenvalue weighted by Gasteiger charge is 2.12. The molecule has 0 unspecified atom stereocenters. The number of hydrogen-bond donors (Lipinski definition) is 1. The molecule has 0 bridgehead atoms. The van der Waals surface area contributed by atoms with Gasteiger partial charge in [0.05, 0.1) is 33.0 Å². The Kier molecular flexibility index (Phi) is 4.83. The number of carbonyl (C=O) groups is 1. The van der Waals surface area contributed by atoms with E-state index in [9.17, 15) is 9.18 Å². The molecule has 4 rings (SSSR count). The first-order valence-electron chi connectivity index (χ1n) is 8.14. The third-order valence-electron chi connectivity index (χ3n) is 3.94. The summed E-state index contributed by atoms with van der Waals surface area (Å²) in [6.45, 7) is 0.321. The van der Waals surface area contributed by atoms with Crippen LogP contribution in [0.3, 0.4) is 0 Å². The van der Waals surface area contributed by atoms with Gasteiger partial charge in [0.1, 0.15) is 10.8 Å². The number of fused-ring (bicyclic) bond motifs is 1. The van der Waals surface area contributed by atoms with Crippen molar-refractivity contribution < 1.29 is 9.18 Å². The van der Waals surface area contributed by atoms with Gasteiger partial charge < -0.3 is 5.32 Å². The lowest BCUT2D eigenvalue weighted by Crippen LogP contribution is -2.22. The average molecular weight is 398 g/mol. The van der Waals surface area contributed by atoms with E-state index in [4.69, 9.17) is 11.6 Å². The summed E-state index contributed by atoms with van der Waals surface area (Å²) in [5.41, 5.74) is 2.23. The third-order valence-corrected chi connectivity index (χ3v) is 5.26. The molecule has 4 aromatic rings. The number of nitrogens with one attached hydrogen (secondary N) is 1. The number of benzene rings is 2. The van der Waals surface area contributed by atoms with Crippen molar-refractivity contribution in [2.24, 2.45) is 0 Å². The van der Waals surface area contributed by atoms with Crippen molar-refractivity contribution in [3.8, 4) is 11.3 Å². The summed E-state index contributed by atoms with van der Waals surface area (Å²) < 4.78 is 14.5. The molecule has 0 aliphatic heterocycles. The molecular formula is C20H13ClFN3OS. The monoisotopic (exact) mass is 397 g/mol. The fourth-order valence-corrected chi connectivity index (χ4v) is 3.85. The molecule has 0 spiro atoms. The highest BCUT2D eigenvalue weighted by molar-refractivity contribution is 7.18. The third kappa shape index (κ3) is 3.82. The van der Waals surface area contributed by atoms with Gasteiger partial charge in [-0.05, 0) is 30.3 Å². The van der Waals surface area contributed by atoms with Gasteiger partial charge in [0.15, 0.2) is 0 Å². The van der Waals surface area contributed by atoms with Crippen LogP contribution in [0, 0.1) is 5.82 Å². The molecular weight excluding hydrogens is 385 g/mol. The highest BCUT2D eigenvalue weighted by atomic mass is 35.5. The fraction of sp³-hybridized carbons (Fsp3) is 0.0500. The van der Waals surface area contributed by atoms with E-state index >= 15 is 0 Å². The van der Waals surface area contributed by atoms with Crippen LogP contribution in [-0.2, 0) is 6.54 Å². The largest absolute Gasteiger partial charge is 0.345 e. The first kappa shape index (κ1) is 17.6. The second kappa shape index (κ2) is 7.42. The van der Waals surface area contributed by atoms with Gasteiger partial charge >= 0.3 is 0 Å². The van der Waals surface area contributed by atoms with E-state index in [1.807, 2.05) is 24.3 Å². The number of pyridine rings is 1. The van der Waals surface area contributed by atoms with E-state index in [0.717, 1.165) is 15.2 Å². The highest BCUT2D eigenvalue weighted by Crippen LogP contribution is 2.27. The molecule has 0 saturated carbocycles. The van der Waals surface area contributed by atoms with Gasteiger partial charge in [-0.2, -0.15) is 0 Å². The van der Waals surface area contributed by atoms with Crippen molar-refractivity contribution in [2.45, 2.75) is 6.54 Å². The predicted octanol–water partition coefficient (Wildman–Crippen LogP) is 5.08. The molecule has 7 heteroatoms. The zero-order valence-electron chi connectivity index (χ0n) is 13.9. The van der Waals surface area contributed by atoms with Gasteiger partial charge in [0.2, 0.25) is 0 Å². The molecule has 2 aromatic heterocycles. The number of thiazole rings is 1. The van der Waals surface area contributed by atoms with Crippen molar-refractivity contribution in [1.82, 2.24) is 15.3 Å². The first-order valence-corrected chi connectivity index (χ1v) is 9.34. The number of amides is 1. The summed E-state index contributed by atoms with van der Waals surface area (Å²) in [4.78, 5) is 21.1. The number of halogens is 2. The second-order valence-electron chi connectivity index (χ2n) is 5.82. The molecule has 2 aromatic carbocycles. The molecule has 2 heterocycles. The van der Waals surface area contributed by atoms with Crippen molar-refractivity contribution in [1.29, 1.82) is 0 Å². The normalized spacial score (nSPS) is 10.9. The lowest BCUT2D eigenvalue weighted by molar-refractivity contribution is 0.0950. The van der Waals surface area contributed by atoms with Crippen LogP contribution in [0.15, 0.2) is 60.8 Å². The average Bonchev–Trinajstić information content (AvgIpc) is 3.09. The Balaban J connectivity index is 1.49. The maximum Gasteiger partial charge on any atom is 0.253 e.